The van der Waals surface area contributed by atoms with E-state index >= 15 is 0 Å². The molecule has 0 spiro atoms. The summed E-state index contributed by atoms with van der Waals surface area (Å²) in [6.07, 6.45) is 3.12. The summed E-state index contributed by atoms with van der Waals surface area (Å²) in [6.45, 7) is 0.342. The number of nitrogens with zero attached hydrogens (tertiary/aromatic N) is 3. The van der Waals surface area contributed by atoms with Gasteiger partial charge in [0.25, 0.3) is 5.91 Å². The molecule has 0 aliphatic rings. The van der Waals surface area contributed by atoms with Crippen LogP contribution in [0.4, 0.5) is 0 Å². The van der Waals surface area contributed by atoms with Gasteiger partial charge in [-0.15, -0.1) is 0 Å². The zero-order chi connectivity index (χ0) is 12.1. The molecule has 17 heavy (non-hydrogen) atoms. The Labute approximate surface area is 96.5 Å². The Bertz CT molecular complexity index is 498. The van der Waals surface area contributed by atoms with E-state index in [-0.39, 0.29) is 11.4 Å². The molecular formula is C10H10N4O3. The maximum absolute atomic E-state index is 11.6. The monoisotopic (exact) mass is 234 g/mol. The standard InChI is InChI=1S/C10H10N4O3/c15-7-2-1-4-11-9(7)10(16)12-5-3-8-13-6-17-14-8/h1-2,4,6,15H,3,5H2,(H,12,16). The van der Waals surface area contributed by atoms with Gasteiger partial charge in [-0.1, -0.05) is 5.16 Å². The van der Waals surface area contributed by atoms with E-state index in [1.807, 2.05) is 0 Å². The highest BCUT2D eigenvalue weighted by atomic mass is 16.5. The molecule has 0 saturated heterocycles. The van der Waals surface area contributed by atoms with E-state index in [1.54, 1.807) is 6.07 Å². The molecule has 0 fully saturated rings. The van der Waals surface area contributed by atoms with Gasteiger partial charge in [-0.05, 0) is 12.1 Å². The van der Waals surface area contributed by atoms with Gasteiger partial charge in [0.05, 0.1) is 0 Å². The minimum absolute atomic E-state index is 0.000567. The van der Waals surface area contributed by atoms with Gasteiger partial charge in [-0.2, -0.15) is 4.98 Å². The molecule has 0 aliphatic carbocycles. The Kier molecular flexibility index (Phi) is 3.29. The highest BCUT2D eigenvalue weighted by Gasteiger charge is 2.11. The van der Waals surface area contributed by atoms with Crippen LogP contribution in [0.2, 0.25) is 0 Å². The van der Waals surface area contributed by atoms with Crippen molar-refractivity contribution in [2.75, 3.05) is 6.54 Å². The van der Waals surface area contributed by atoms with Crippen LogP contribution in [0.1, 0.15) is 16.3 Å². The lowest BCUT2D eigenvalue weighted by Gasteiger charge is -2.03. The third-order valence-corrected chi connectivity index (χ3v) is 2.04. The van der Waals surface area contributed by atoms with Crippen molar-refractivity contribution >= 4 is 5.91 Å². The third-order valence-electron chi connectivity index (χ3n) is 2.04. The van der Waals surface area contributed by atoms with Gasteiger partial charge in [-0.25, -0.2) is 4.98 Å². The predicted molar refractivity (Wildman–Crippen MR) is 56.2 cm³/mol. The molecule has 0 radical (unpaired) electrons. The lowest BCUT2D eigenvalue weighted by molar-refractivity contribution is 0.0946. The average molecular weight is 234 g/mol. The highest BCUT2D eigenvalue weighted by Crippen LogP contribution is 2.11. The summed E-state index contributed by atoms with van der Waals surface area (Å²) in [5.74, 6) is -0.0771. The number of nitrogens with one attached hydrogen (secondary N) is 1. The van der Waals surface area contributed by atoms with Crippen LogP contribution in [-0.2, 0) is 6.42 Å². The smallest absolute Gasteiger partial charge is 0.273 e. The van der Waals surface area contributed by atoms with Gasteiger partial charge in [0.2, 0.25) is 6.39 Å². The highest BCUT2D eigenvalue weighted by molar-refractivity contribution is 5.94. The summed E-state index contributed by atoms with van der Waals surface area (Å²) in [5.41, 5.74) is 0.000567. The number of hydrogen-bond acceptors (Lipinski definition) is 6. The second-order valence-corrected chi connectivity index (χ2v) is 3.22. The third kappa shape index (κ3) is 2.77. The molecule has 1 amide bonds. The number of hydrogen-bond donors (Lipinski definition) is 2. The van der Waals surface area contributed by atoms with E-state index in [1.165, 1.54) is 18.7 Å². The summed E-state index contributed by atoms with van der Waals surface area (Å²) in [4.78, 5) is 19.2. The lowest BCUT2D eigenvalue weighted by atomic mass is 10.3. The molecule has 0 aromatic carbocycles. The maximum Gasteiger partial charge on any atom is 0.273 e. The first-order valence-electron chi connectivity index (χ1n) is 4.95. The Morgan fingerprint density at radius 3 is 3.06 bits per heavy atom. The first-order valence-corrected chi connectivity index (χ1v) is 4.95. The second kappa shape index (κ2) is 5.06. The zero-order valence-electron chi connectivity index (χ0n) is 8.83. The van der Waals surface area contributed by atoms with Crippen molar-refractivity contribution in [2.45, 2.75) is 6.42 Å². The van der Waals surface area contributed by atoms with E-state index in [9.17, 15) is 9.90 Å². The molecule has 0 bridgehead atoms. The molecule has 2 heterocycles. The molecule has 7 nitrogen and oxygen atoms in total. The molecule has 88 valence electrons. The van der Waals surface area contributed by atoms with Crippen molar-refractivity contribution in [1.82, 2.24) is 20.4 Å². The molecular weight excluding hydrogens is 224 g/mol. The van der Waals surface area contributed by atoms with Crippen molar-refractivity contribution in [3.05, 3.63) is 36.2 Å². The van der Waals surface area contributed by atoms with Crippen molar-refractivity contribution in [1.29, 1.82) is 0 Å². The van der Waals surface area contributed by atoms with E-state index in [0.29, 0.717) is 18.8 Å². The number of rotatable bonds is 4. The molecule has 2 aromatic heterocycles. The summed E-state index contributed by atoms with van der Waals surface area (Å²) in [5, 5.41) is 15.6. The Balaban J connectivity index is 1.88. The van der Waals surface area contributed by atoms with Crippen molar-refractivity contribution in [2.24, 2.45) is 0 Å². The quantitative estimate of drug-likeness (QED) is 0.780. The largest absolute Gasteiger partial charge is 0.505 e. The minimum Gasteiger partial charge on any atom is -0.505 e. The molecule has 2 rings (SSSR count). The van der Waals surface area contributed by atoms with Gasteiger partial charge in [0.1, 0.15) is 5.75 Å². The van der Waals surface area contributed by atoms with Gasteiger partial charge in [0.15, 0.2) is 11.5 Å². The van der Waals surface area contributed by atoms with Gasteiger partial charge >= 0.3 is 0 Å². The SMILES string of the molecule is O=C(NCCc1ncon1)c1ncccc1O. The van der Waals surface area contributed by atoms with E-state index in [0.717, 1.165) is 0 Å². The zero-order valence-corrected chi connectivity index (χ0v) is 8.83. The number of carbonyl (C=O) groups is 1. The number of amides is 1. The van der Waals surface area contributed by atoms with Crippen LogP contribution in [0.3, 0.4) is 0 Å². The maximum atomic E-state index is 11.6. The van der Waals surface area contributed by atoms with Crippen LogP contribution >= 0.6 is 0 Å². The van der Waals surface area contributed by atoms with Crippen LogP contribution in [0, 0.1) is 0 Å². The molecule has 0 aliphatic heterocycles. The number of carbonyl (C=O) groups excluding carboxylic acids is 1. The van der Waals surface area contributed by atoms with Gasteiger partial charge in [-0.3, -0.25) is 4.79 Å². The van der Waals surface area contributed by atoms with Crippen molar-refractivity contribution in [3.8, 4) is 5.75 Å². The van der Waals surface area contributed by atoms with Crippen LogP contribution in [0.25, 0.3) is 0 Å². The fraction of sp³-hybridized carbons (Fsp3) is 0.200. The first-order chi connectivity index (χ1) is 8.27. The van der Waals surface area contributed by atoms with Gasteiger partial charge in [0, 0.05) is 19.2 Å². The summed E-state index contributed by atoms with van der Waals surface area (Å²) >= 11 is 0. The Morgan fingerprint density at radius 1 is 1.47 bits per heavy atom. The van der Waals surface area contributed by atoms with Crippen LogP contribution in [0.5, 0.6) is 5.75 Å². The predicted octanol–water partition coefficient (Wildman–Crippen LogP) is 0.143. The molecule has 0 saturated carbocycles. The normalized spacial score (nSPS) is 10.1. The molecule has 0 unspecified atom stereocenters. The number of pyridine rings is 1. The lowest BCUT2D eigenvalue weighted by Crippen LogP contribution is -2.26. The molecule has 2 aromatic rings. The fourth-order valence-corrected chi connectivity index (χ4v) is 1.25. The van der Waals surface area contributed by atoms with Crippen molar-refractivity contribution in [3.63, 3.8) is 0 Å². The number of aromatic nitrogens is 3. The first kappa shape index (κ1) is 11.1. The molecule has 0 atom stereocenters. The van der Waals surface area contributed by atoms with E-state index in [4.69, 9.17) is 0 Å². The van der Waals surface area contributed by atoms with Crippen LogP contribution < -0.4 is 5.32 Å². The van der Waals surface area contributed by atoms with Gasteiger partial charge < -0.3 is 14.9 Å². The average Bonchev–Trinajstić information content (AvgIpc) is 2.82. The Hall–Kier alpha value is -2.44. The number of aromatic hydroxyl groups is 1. The van der Waals surface area contributed by atoms with Crippen LogP contribution in [0.15, 0.2) is 29.2 Å². The summed E-state index contributed by atoms with van der Waals surface area (Å²) in [6, 6.07) is 2.95. The molecule has 7 heteroatoms. The van der Waals surface area contributed by atoms with E-state index in [2.05, 4.69) is 25.0 Å². The van der Waals surface area contributed by atoms with Crippen molar-refractivity contribution < 1.29 is 14.4 Å². The summed E-state index contributed by atoms with van der Waals surface area (Å²) in [7, 11) is 0. The minimum atomic E-state index is -0.438. The summed E-state index contributed by atoms with van der Waals surface area (Å²) < 4.78 is 4.55. The second-order valence-electron chi connectivity index (χ2n) is 3.22. The fourth-order valence-electron chi connectivity index (χ4n) is 1.25. The van der Waals surface area contributed by atoms with Crippen LogP contribution in [-0.4, -0.2) is 32.7 Å². The van der Waals surface area contributed by atoms with E-state index < -0.39 is 5.91 Å². The topological polar surface area (TPSA) is 101 Å². The molecule has 2 N–H and O–H groups in total. The Morgan fingerprint density at radius 2 is 2.35 bits per heavy atom.